The molecule has 1 saturated heterocycles. The maximum Gasteiger partial charge on any atom is 0.271 e. The predicted molar refractivity (Wildman–Crippen MR) is 50.8 cm³/mol. The summed E-state index contributed by atoms with van der Waals surface area (Å²) < 4.78 is 36.3. The molecular formula is C10H18F2O3. The minimum atomic E-state index is -2.86. The van der Waals surface area contributed by atoms with Gasteiger partial charge in [0.1, 0.15) is 6.61 Å². The van der Waals surface area contributed by atoms with E-state index in [1.165, 1.54) is 0 Å². The smallest absolute Gasteiger partial charge is 0.271 e. The van der Waals surface area contributed by atoms with Crippen molar-refractivity contribution in [2.24, 2.45) is 0 Å². The van der Waals surface area contributed by atoms with E-state index in [2.05, 4.69) is 0 Å². The quantitative estimate of drug-likeness (QED) is 0.749. The molecule has 0 aromatic heterocycles. The molecule has 1 rings (SSSR count). The molecule has 0 bridgehead atoms. The molecule has 1 aliphatic heterocycles. The molecule has 1 N–H and O–H groups in total. The van der Waals surface area contributed by atoms with Gasteiger partial charge in [-0.3, -0.25) is 0 Å². The lowest BCUT2D eigenvalue weighted by Crippen LogP contribution is -2.30. The monoisotopic (exact) mass is 224 g/mol. The number of ether oxygens (including phenoxy) is 2. The van der Waals surface area contributed by atoms with E-state index in [9.17, 15) is 8.78 Å². The molecule has 1 heterocycles. The zero-order valence-corrected chi connectivity index (χ0v) is 8.75. The highest BCUT2D eigenvalue weighted by Gasteiger charge is 2.30. The number of aliphatic hydroxyl groups excluding tert-OH is 1. The second kappa shape index (κ2) is 6.35. The molecule has 0 aromatic rings. The Kier molecular flexibility index (Phi) is 5.42. The Morgan fingerprint density at radius 1 is 1.40 bits per heavy atom. The highest BCUT2D eigenvalue weighted by molar-refractivity contribution is 4.66. The van der Waals surface area contributed by atoms with Crippen LogP contribution in [0.25, 0.3) is 0 Å². The van der Waals surface area contributed by atoms with Crippen molar-refractivity contribution in [1.29, 1.82) is 0 Å². The van der Waals surface area contributed by atoms with Crippen molar-refractivity contribution in [3.63, 3.8) is 0 Å². The highest BCUT2D eigenvalue weighted by Crippen LogP contribution is 2.23. The van der Waals surface area contributed by atoms with Crippen molar-refractivity contribution in [2.45, 2.75) is 44.3 Å². The molecule has 90 valence electrons. The lowest BCUT2D eigenvalue weighted by Gasteiger charge is -2.25. The van der Waals surface area contributed by atoms with Crippen LogP contribution in [-0.4, -0.2) is 37.1 Å². The van der Waals surface area contributed by atoms with Crippen molar-refractivity contribution >= 4 is 0 Å². The first-order chi connectivity index (χ1) is 7.14. The summed E-state index contributed by atoms with van der Waals surface area (Å²) >= 11 is 0. The predicted octanol–water partition coefficient (Wildman–Crippen LogP) is 1.94. The second-order valence-corrected chi connectivity index (χ2v) is 3.79. The first-order valence-electron chi connectivity index (χ1n) is 5.36. The lowest BCUT2D eigenvalue weighted by atomic mass is 10.2. The molecule has 0 saturated carbocycles. The molecule has 1 aliphatic rings. The third-order valence-electron chi connectivity index (χ3n) is 2.32. The topological polar surface area (TPSA) is 38.7 Å². The Hall–Kier alpha value is -0.260. The summed E-state index contributed by atoms with van der Waals surface area (Å²) in [4.78, 5) is 0. The fourth-order valence-electron chi connectivity index (χ4n) is 1.47. The lowest BCUT2D eigenvalue weighted by molar-refractivity contribution is -0.201. The van der Waals surface area contributed by atoms with E-state index >= 15 is 0 Å². The number of rotatable bonds is 6. The summed E-state index contributed by atoms with van der Waals surface area (Å²) in [6, 6.07) is 0. The van der Waals surface area contributed by atoms with Crippen LogP contribution in [0.3, 0.4) is 0 Å². The molecule has 5 heteroatoms. The van der Waals surface area contributed by atoms with Crippen LogP contribution >= 0.6 is 0 Å². The average molecular weight is 224 g/mol. The van der Waals surface area contributed by atoms with Gasteiger partial charge < -0.3 is 14.6 Å². The van der Waals surface area contributed by atoms with Gasteiger partial charge in [-0.1, -0.05) is 0 Å². The highest BCUT2D eigenvalue weighted by atomic mass is 19.3. The molecule has 1 fully saturated rings. The third-order valence-corrected chi connectivity index (χ3v) is 2.32. The Labute approximate surface area is 88.4 Å². The molecule has 0 amide bonds. The minimum Gasteiger partial charge on any atom is -0.396 e. The molecule has 0 aromatic carbocycles. The number of hydrogen-bond donors (Lipinski definition) is 1. The van der Waals surface area contributed by atoms with Gasteiger partial charge in [-0.2, -0.15) is 0 Å². The Balaban J connectivity index is 2.15. The number of aliphatic hydroxyl groups is 1. The van der Waals surface area contributed by atoms with Gasteiger partial charge in [-0.05, 0) is 25.7 Å². The van der Waals surface area contributed by atoms with Gasteiger partial charge in [0, 0.05) is 19.6 Å². The third kappa shape index (κ3) is 5.39. The van der Waals surface area contributed by atoms with E-state index < -0.39 is 18.8 Å². The summed E-state index contributed by atoms with van der Waals surface area (Å²) in [5.41, 5.74) is 0. The van der Waals surface area contributed by atoms with E-state index in [4.69, 9.17) is 14.6 Å². The summed E-state index contributed by atoms with van der Waals surface area (Å²) in [5.74, 6) is -2.86. The molecule has 0 aliphatic carbocycles. The standard InChI is InChI=1S/C10H18F2O3/c11-10(12,5-3-6-13)8-15-9-4-1-2-7-14-9/h9,13H,1-8H2/t9-/m0/s1. The summed E-state index contributed by atoms with van der Waals surface area (Å²) in [6.45, 7) is -0.236. The van der Waals surface area contributed by atoms with Gasteiger partial charge in [0.2, 0.25) is 0 Å². The fourth-order valence-corrected chi connectivity index (χ4v) is 1.47. The van der Waals surface area contributed by atoms with Crippen LogP contribution in [0.4, 0.5) is 8.78 Å². The molecular weight excluding hydrogens is 206 g/mol. The second-order valence-electron chi connectivity index (χ2n) is 3.79. The Bertz CT molecular complexity index is 170. The summed E-state index contributed by atoms with van der Waals surface area (Å²) in [5, 5.41) is 8.45. The van der Waals surface area contributed by atoms with E-state index in [1.54, 1.807) is 0 Å². The van der Waals surface area contributed by atoms with Crippen LogP contribution in [0.5, 0.6) is 0 Å². The average Bonchev–Trinajstić information content (AvgIpc) is 2.25. The number of hydrogen-bond acceptors (Lipinski definition) is 3. The summed E-state index contributed by atoms with van der Waals surface area (Å²) in [6.07, 6.45) is 1.92. The molecule has 1 atom stereocenters. The van der Waals surface area contributed by atoms with Gasteiger partial charge in [0.25, 0.3) is 5.92 Å². The molecule has 0 radical (unpaired) electrons. The molecule has 15 heavy (non-hydrogen) atoms. The largest absolute Gasteiger partial charge is 0.396 e. The van der Waals surface area contributed by atoms with Gasteiger partial charge in [-0.15, -0.1) is 0 Å². The fraction of sp³-hybridized carbons (Fsp3) is 1.00. The van der Waals surface area contributed by atoms with Gasteiger partial charge in [0.15, 0.2) is 6.29 Å². The van der Waals surface area contributed by atoms with Gasteiger partial charge in [-0.25, -0.2) is 8.78 Å². The van der Waals surface area contributed by atoms with E-state index in [1.807, 2.05) is 0 Å². The molecule has 3 nitrogen and oxygen atoms in total. The van der Waals surface area contributed by atoms with Crippen molar-refractivity contribution in [1.82, 2.24) is 0 Å². The van der Waals surface area contributed by atoms with Gasteiger partial charge >= 0.3 is 0 Å². The van der Waals surface area contributed by atoms with Crippen molar-refractivity contribution in [3.8, 4) is 0 Å². The van der Waals surface area contributed by atoms with Crippen LogP contribution in [-0.2, 0) is 9.47 Å². The Morgan fingerprint density at radius 3 is 2.80 bits per heavy atom. The minimum absolute atomic E-state index is 0.0991. The zero-order chi connectivity index (χ0) is 11.1. The summed E-state index contributed by atoms with van der Waals surface area (Å²) in [7, 11) is 0. The number of alkyl halides is 2. The van der Waals surface area contributed by atoms with Crippen molar-refractivity contribution in [2.75, 3.05) is 19.8 Å². The van der Waals surface area contributed by atoms with Crippen LogP contribution in [0, 0.1) is 0 Å². The van der Waals surface area contributed by atoms with E-state index in [0.717, 1.165) is 12.8 Å². The first kappa shape index (κ1) is 12.8. The Morgan fingerprint density at radius 2 is 2.20 bits per heavy atom. The van der Waals surface area contributed by atoms with Crippen molar-refractivity contribution < 1.29 is 23.4 Å². The zero-order valence-electron chi connectivity index (χ0n) is 8.75. The molecule has 0 spiro atoms. The van der Waals surface area contributed by atoms with Crippen LogP contribution in [0.2, 0.25) is 0 Å². The number of halogens is 2. The van der Waals surface area contributed by atoms with Gasteiger partial charge in [0.05, 0.1) is 0 Å². The molecule has 0 unspecified atom stereocenters. The van der Waals surface area contributed by atoms with Crippen LogP contribution < -0.4 is 0 Å². The van der Waals surface area contributed by atoms with E-state index in [0.29, 0.717) is 13.0 Å². The van der Waals surface area contributed by atoms with Crippen molar-refractivity contribution in [3.05, 3.63) is 0 Å². The normalized spacial score (nSPS) is 23.0. The maximum atomic E-state index is 13.1. The van der Waals surface area contributed by atoms with Crippen LogP contribution in [0.1, 0.15) is 32.1 Å². The first-order valence-corrected chi connectivity index (χ1v) is 5.36. The van der Waals surface area contributed by atoms with E-state index in [-0.39, 0.29) is 19.4 Å². The SMILES string of the molecule is OCCCC(F)(F)CO[C@H]1CCCCO1. The maximum absolute atomic E-state index is 13.1. The van der Waals surface area contributed by atoms with Crippen LogP contribution in [0.15, 0.2) is 0 Å².